The van der Waals surface area contributed by atoms with Crippen LogP contribution in [0.5, 0.6) is 5.75 Å². The molecule has 5 heteroatoms. The molecule has 0 unspecified atom stereocenters. The van der Waals surface area contributed by atoms with Gasteiger partial charge < -0.3 is 15.4 Å². The minimum atomic E-state index is 0. The van der Waals surface area contributed by atoms with Gasteiger partial charge in [0.15, 0.2) is 0 Å². The van der Waals surface area contributed by atoms with Crippen LogP contribution in [0.25, 0.3) is 0 Å². The molecule has 1 amide bonds. The average molecular weight is 375 g/mol. The molecule has 0 bridgehead atoms. The number of nitrogens with two attached hydrogens (primary N) is 1. The normalized spacial score (nSPS) is 18.8. The predicted molar refractivity (Wildman–Crippen MR) is 108 cm³/mol. The van der Waals surface area contributed by atoms with Gasteiger partial charge in [0.25, 0.3) is 0 Å². The number of ether oxygens (including phenoxy) is 1. The molecule has 1 fully saturated rings. The number of anilines is 1. The molecule has 0 spiro atoms. The Hall–Kier alpha value is -2.04. The van der Waals surface area contributed by atoms with E-state index in [2.05, 4.69) is 12.1 Å². The van der Waals surface area contributed by atoms with Gasteiger partial charge in [0, 0.05) is 11.6 Å². The standard InChI is InChI=1S/C21H26N2O2.ClH/c1-25-19-12-10-18(11-13-19)23(15-16-6-3-2-4-7-16)21(24)20-9-5-8-17(20)14-22;/h2-4,6-7,10-13,17,20H,5,8-9,14-15,22H2,1H3;1H/t17-,20-;/m1./s1. The highest BCUT2D eigenvalue weighted by Crippen LogP contribution is 2.34. The second-order valence-corrected chi connectivity index (χ2v) is 6.64. The second kappa shape index (κ2) is 9.60. The molecular weight excluding hydrogens is 348 g/mol. The van der Waals surface area contributed by atoms with E-state index in [4.69, 9.17) is 10.5 Å². The molecular formula is C21H27ClN2O2. The van der Waals surface area contributed by atoms with E-state index in [0.717, 1.165) is 36.3 Å². The fourth-order valence-corrected chi connectivity index (χ4v) is 3.67. The van der Waals surface area contributed by atoms with E-state index in [1.807, 2.05) is 47.4 Å². The number of benzene rings is 2. The van der Waals surface area contributed by atoms with Gasteiger partial charge in [0.05, 0.1) is 13.7 Å². The Morgan fingerprint density at radius 3 is 2.42 bits per heavy atom. The summed E-state index contributed by atoms with van der Waals surface area (Å²) in [5.74, 6) is 1.29. The molecule has 0 saturated heterocycles. The van der Waals surface area contributed by atoms with Crippen molar-refractivity contribution in [2.45, 2.75) is 25.8 Å². The molecule has 2 aromatic carbocycles. The fraction of sp³-hybridized carbons (Fsp3) is 0.381. The topological polar surface area (TPSA) is 55.6 Å². The summed E-state index contributed by atoms with van der Waals surface area (Å²) < 4.78 is 5.24. The van der Waals surface area contributed by atoms with Crippen molar-refractivity contribution in [2.24, 2.45) is 17.6 Å². The molecule has 3 rings (SSSR count). The van der Waals surface area contributed by atoms with Crippen molar-refractivity contribution < 1.29 is 9.53 Å². The first-order valence-corrected chi connectivity index (χ1v) is 8.92. The van der Waals surface area contributed by atoms with Crippen molar-refractivity contribution in [1.82, 2.24) is 0 Å². The van der Waals surface area contributed by atoms with Crippen LogP contribution >= 0.6 is 12.4 Å². The van der Waals surface area contributed by atoms with Crippen LogP contribution in [0.15, 0.2) is 54.6 Å². The number of hydrogen-bond acceptors (Lipinski definition) is 3. The molecule has 140 valence electrons. The molecule has 4 nitrogen and oxygen atoms in total. The molecule has 26 heavy (non-hydrogen) atoms. The number of carbonyl (C=O) groups is 1. The van der Waals surface area contributed by atoms with Crippen molar-refractivity contribution in [3.8, 4) is 5.75 Å². The average Bonchev–Trinajstić information content (AvgIpc) is 3.15. The fourth-order valence-electron chi connectivity index (χ4n) is 3.67. The molecule has 1 saturated carbocycles. The van der Waals surface area contributed by atoms with Gasteiger partial charge in [-0.3, -0.25) is 4.79 Å². The first-order valence-electron chi connectivity index (χ1n) is 8.92. The number of halogens is 1. The zero-order valence-corrected chi connectivity index (χ0v) is 16.0. The van der Waals surface area contributed by atoms with Crippen LogP contribution in [0.1, 0.15) is 24.8 Å². The number of hydrogen-bond donors (Lipinski definition) is 1. The van der Waals surface area contributed by atoms with Gasteiger partial charge in [-0.1, -0.05) is 36.8 Å². The summed E-state index contributed by atoms with van der Waals surface area (Å²) in [6.07, 6.45) is 3.07. The zero-order chi connectivity index (χ0) is 17.6. The second-order valence-electron chi connectivity index (χ2n) is 6.64. The van der Waals surface area contributed by atoms with Crippen LogP contribution in [0, 0.1) is 11.8 Å². The molecule has 2 aromatic rings. The lowest BCUT2D eigenvalue weighted by atomic mass is 9.94. The summed E-state index contributed by atoms with van der Waals surface area (Å²) in [5, 5.41) is 0. The van der Waals surface area contributed by atoms with E-state index in [0.29, 0.717) is 19.0 Å². The quantitative estimate of drug-likeness (QED) is 0.830. The van der Waals surface area contributed by atoms with Crippen LogP contribution in [0.4, 0.5) is 5.69 Å². The minimum Gasteiger partial charge on any atom is -0.497 e. The Balaban J connectivity index is 0.00000243. The number of carbonyl (C=O) groups excluding carboxylic acids is 1. The van der Waals surface area contributed by atoms with Gasteiger partial charge in [-0.15, -0.1) is 12.4 Å². The lowest BCUT2D eigenvalue weighted by molar-refractivity contribution is -0.123. The highest BCUT2D eigenvalue weighted by Gasteiger charge is 2.35. The lowest BCUT2D eigenvalue weighted by Crippen LogP contribution is -2.38. The summed E-state index contributed by atoms with van der Waals surface area (Å²) in [5.41, 5.74) is 7.92. The van der Waals surface area contributed by atoms with Crippen LogP contribution < -0.4 is 15.4 Å². The monoisotopic (exact) mass is 374 g/mol. The van der Waals surface area contributed by atoms with Crippen LogP contribution in [-0.4, -0.2) is 19.6 Å². The van der Waals surface area contributed by atoms with Crippen molar-refractivity contribution in [1.29, 1.82) is 0 Å². The summed E-state index contributed by atoms with van der Waals surface area (Å²) in [6, 6.07) is 17.8. The Bertz CT molecular complexity index is 691. The van der Waals surface area contributed by atoms with E-state index >= 15 is 0 Å². The molecule has 1 aliphatic rings. The van der Waals surface area contributed by atoms with Gasteiger partial charge in [0.1, 0.15) is 5.75 Å². The first kappa shape index (κ1) is 20.3. The first-order chi connectivity index (χ1) is 12.2. The third-order valence-electron chi connectivity index (χ3n) is 5.11. The smallest absolute Gasteiger partial charge is 0.230 e. The molecule has 0 radical (unpaired) electrons. The van der Waals surface area contributed by atoms with Crippen LogP contribution in [-0.2, 0) is 11.3 Å². The van der Waals surface area contributed by atoms with Gasteiger partial charge in [-0.05, 0) is 55.1 Å². The predicted octanol–water partition coefficient (Wildman–Crippen LogP) is 4.03. The SMILES string of the molecule is COc1ccc(N(Cc2ccccc2)C(=O)[C@@H]2CCC[C@@H]2CN)cc1.Cl. The minimum absolute atomic E-state index is 0. The van der Waals surface area contributed by atoms with E-state index in [1.54, 1.807) is 7.11 Å². The van der Waals surface area contributed by atoms with Crippen molar-refractivity contribution in [2.75, 3.05) is 18.6 Å². The summed E-state index contributed by atoms with van der Waals surface area (Å²) in [6.45, 7) is 1.15. The molecule has 0 heterocycles. The number of methoxy groups -OCH3 is 1. The van der Waals surface area contributed by atoms with Gasteiger partial charge in [0.2, 0.25) is 5.91 Å². The summed E-state index contributed by atoms with van der Waals surface area (Å²) >= 11 is 0. The molecule has 0 aliphatic heterocycles. The maximum atomic E-state index is 13.3. The van der Waals surface area contributed by atoms with Crippen molar-refractivity contribution in [3.63, 3.8) is 0 Å². The Labute approximate surface area is 161 Å². The highest BCUT2D eigenvalue weighted by molar-refractivity contribution is 5.95. The van der Waals surface area contributed by atoms with Gasteiger partial charge in [-0.25, -0.2) is 0 Å². The van der Waals surface area contributed by atoms with Gasteiger partial charge in [-0.2, -0.15) is 0 Å². The van der Waals surface area contributed by atoms with E-state index in [1.165, 1.54) is 0 Å². The van der Waals surface area contributed by atoms with E-state index in [9.17, 15) is 4.79 Å². The highest BCUT2D eigenvalue weighted by atomic mass is 35.5. The van der Waals surface area contributed by atoms with Crippen molar-refractivity contribution in [3.05, 3.63) is 60.2 Å². The maximum Gasteiger partial charge on any atom is 0.230 e. The third-order valence-corrected chi connectivity index (χ3v) is 5.11. The Kier molecular flexibility index (Phi) is 7.49. The lowest BCUT2D eigenvalue weighted by Gasteiger charge is -2.28. The van der Waals surface area contributed by atoms with Crippen molar-refractivity contribution >= 4 is 24.0 Å². The molecule has 0 aromatic heterocycles. The number of nitrogens with zero attached hydrogens (tertiary/aromatic N) is 1. The molecule has 1 aliphatic carbocycles. The zero-order valence-electron chi connectivity index (χ0n) is 15.1. The molecule has 2 N–H and O–H groups in total. The largest absolute Gasteiger partial charge is 0.497 e. The maximum absolute atomic E-state index is 13.3. The molecule has 2 atom stereocenters. The summed E-state index contributed by atoms with van der Waals surface area (Å²) in [7, 11) is 1.65. The Morgan fingerprint density at radius 1 is 1.12 bits per heavy atom. The van der Waals surface area contributed by atoms with Crippen LogP contribution in [0.2, 0.25) is 0 Å². The summed E-state index contributed by atoms with van der Waals surface area (Å²) in [4.78, 5) is 15.2. The van der Waals surface area contributed by atoms with E-state index in [-0.39, 0.29) is 24.2 Å². The van der Waals surface area contributed by atoms with Crippen LogP contribution in [0.3, 0.4) is 0 Å². The number of rotatable bonds is 6. The third kappa shape index (κ3) is 4.57. The number of amides is 1. The van der Waals surface area contributed by atoms with Gasteiger partial charge >= 0.3 is 0 Å². The Morgan fingerprint density at radius 2 is 1.81 bits per heavy atom. The van der Waals surface area contributed by atoms with E-state index < -0.39 is 0 Å².